The number of aliphatic hydroxyl groups is 1. The molecule has 0 aromatic carbocycles. The standard InChI is InChI=1S/C8H17.2C5H5.CH4O.Zr/c1-5-7(3)8(4)6-2;2*1-2-4-5-3-1;1-2;/h7-8H,3,5-6H2,1-2,4H3;2*1-5H;2H,1H3;/q-1;;;;/t7-,8-;;;;/m0..../s1. The SMILES string of the molecule is CO.[CH2-][C@@H](CC)[C@@H](C)CC.[CH]1[CH][CH][CH][CH]1.[CH]1[CH][CH][CH][CH]1.[Zr]. The van der Waals surface area contributed by atoms with Gasteiger partial charge in [-0.3, -0.25) is 0 Å². The maximum Gasteiger partial charge on any atom is 0.0319 e. The topological polar surface area (TPSA) is 20.2 Å². The van der Waals surface area contributed by atoms with Gasteiger partial charge < -0.3 is 12.0 Å². The second-order valence-corrected chi connectivity index (χ2v) is 4.48. The van der Waals surface area contributed by atoms with Crippen molar-refractivity contribution in [3.63, 3.8) is 0 Å². The van der Waals surface area contributed by atoms with E-state index in [1.165, 1.54) is 12.8 Å². The molecule has 0 heterocycles. The Kier molecular flexibility index (Phi) is 29.4. The first-order valence-electron chi connectivity index (χ1n) is 7.33. The van der Waals surface area contributed by atoms with Crippen LogP contribution in [0.1, 0.15) is 33.6 Å². The molecule has 2 aliphatic carbocycles. The summed E-state index contributed by atoms with van der Waals surface area (Å²) in [4.78, 5) is 0. The molecule has 2 rings (SSSR count). The van der Waals surface area contributed by atoms with Crippen LogP contribution in [0.2, 0.25) is 0 Å². The normalized spacial score (nSPS) is 18.6. The first-order valence-corrected chi connectivity index (χ1v) is 7.33. The molecule has 2 heteroatoms. The van der Waals surface area contributed by atoms with Crippen LogP contribution in [0.3, 0.4) is 0 Å². The Labute approximate surface area is 154 Å². The minimum atomic E-state index is 0. The van der Waals surface area contributed by atoms with Crippen molar-refractivity contribution in [2.45, 2.75) is 33.6 Å². The van der Waals surface area contributed by atoms with Crippen molar-refractivity contribution in [1.82, 2.24) is 0 Å². The third-order valence-corrected chi connectivity index (χ3v) is 3.08. The number of hydrogen-bond acceptors (Lipinski definition) is 1. The van der Waals surface area contributed by atoms with Crippen molar-refractivity contribution in [1.29, 1.82) is 0 Å². The van der Waals surface area contributed by atoms with Gasteiger partial charge in [0.1, 0.15) is 0 Å². The van der Waals surface area contributed by atoms with E-state index < -0.39 is 0 Å². The summed E-state index contributed by atoms with van der Waals surface area (Å²) in [5.41, 5.74) is 0. The summed E-state index contributed by atoms with van der Waals surface area (Å²) < 4.78 is 0. The van der Waals surface area contributed by atoms with Crippen LogP contribution in [0.4, 0.5) is 0 Å². The molecule has 0 aromatic heterocycles. The van der Waals surface area contributed by atoms with E-state index in [0.29, 0.717) is 5.92 Å². The van der Waals surface area contributed by atoms with Crippen molar-refractivity contribution in [2.24, 2.45) is 11.8 Å². The van der Waals surface area contributed by atoms with Crippen LogP contribution in [0, 0.1) is 83.0 Å². The van der Waals surface area contributed by atoms with E-state index in [9.17, 15) is 0 Å². The van der Waals surface area contributed by atoms with Crippen LogP contribution < -0.4 is 0 Å². The maximum absolute atomic E-state index is 7.00. The van der Waals surface area contributed by atoms with Gasteiger partial charge in [-0.2, -0.15) is 5.92 Å². The zero-order chi connectivity index (χ0) is 15.6. The van der Waals surface area contributed by atoms with Crippen LogP contribution in [-0.4, -0.2) is 12.2 Å². The molecule has 2 atom stereocenters. The van der Waals surface area contributed by atoms with Gasteiger partial charge in [0.25, 0.3) is 0 Å². The first-order chi connectivity index (χ1) is 9.72. The van der Waals surface area contributed by atoms with Gasteiger partial charge in [0, 0.05) is 33.3 Å². The van der Waals surface area contributed by atoms with E-state index in [-0.39, 0.29) is 26.2 Å². The predicted molar refractivity (Wildman–Crippen MR) is 89.7 cm³/mol. The van der Waals surface area contributed by atoms with E-state index >= 15 is 0 Å². The van der Waals surface area contributed by atoms with Gasteiger partial charge in [-0.15, -0.1) is 0 Å². The number of rotatable bonds is 3. The number of aliphatic hydroxyl groups excluding tert-OH is 1. The zero-order valence-corrected chi connectivity index (χ0v) is 16.5. The minimum Gasteiger partial charge on any atom is -0.400 e. The molecule has 1 nitrogen and oxygen atoms in total. The second kappa shape index (κ2) is 23.1. The molecule has 21 heavy (non-hydrogen) atoms. The summed E-state index contributed by atoms with van der Waals surface area (Å²) in [6.45, 7) is 10.7. The Morgan fingerprint density at radius 3 is 1.05 bits per heavy atom. The summed E-state index contributed by atoms with van der Waals surface area (Å²) in [6, 6.07) is 0. The van der Waals surface area contributed by atoms with Gasteiger partial charge in [-0.25, -0.2) is 0 Å². The third-order valence-electron chi connectivity index (χ3n) is 3.08. The van der Waals surface area contributed by atoms with E-state index in [1.807, 2.05) is 64.2 Å². The second-order valence-electron chi connectivity index (χ2n) is 4.48. The van der Waals surface area contributed by atoms with Crippen molar-refractivity contribution in [3.05, 3.63) is 71.1 Å². The molecule has 1 N–H and O–H groups in total. The molecule has 2 aliphatic rings. The molecule has 0 bridgehead atoms. The van der Waals surface area contributed by atoms with E-state index in [4.69, 9.17) is 5.11 Å². The van der Waals surface area contributed by atoms with E-state index in [0.717, 1.165) is 13.0 Å². The first kappa shape index (κ1) is 26.7. The van der Waals surface area contributed by atoms with Gasteiger partial charge in [0.05, 0.1) is 0 Å². The van der Waals surface area contributed by atoms with Crippen LogP contribution in [0.15, 0.2) is 0 Å². The Morgan fingerprint density at radius 2 is 0.952 bits per heavy atom. The Bertz CT molecular complexity index is 120. The van der Waals surface area contributed by atoms with Crippen LogP contribution in [-0.2, 0) is 26.2 Å². The van der Waals surface area contributed by atoms with Crippen LogP contribution in [0.25, 0.3) is 0 Å². The minimum absolute atomic E-state index is 0. The van der Waals surface area contributed by atoms with E-state index in [1.54, 1.807) is 0 Å². The molecule has 0 aromatic rings. The molecule has 0 aliphatic heterocycles. The molecule has 0 amide bonds. The van der Waals surface area contributed by atoms with Crippen molar-refractivity contribution in [2.75, 3.05) is 7.11 Å². The molecular weight excluding hydrogens is 335 g/mol. The molecular formula is C19H31OZr-. The third kappa shape index (κ3) is 20.8. The average molecular weight is 367 g/mol. The molecule has 0 spiro atoms. The van der Waals surface area contributed by atoms with Gasteiger partial charge in [-0.05, 0) is 64.2 Å². The van der Waals surface area contributed by atoms with Crippen molar-refractivity contribution < 1.29 is 31.3 Å². The van der Waals surface area contributed by atoms with Gasteiger partial charge in [-0.1, -0.05) is 39.5 Å². The summed E-state index contributed by atoms with van der Waals surface area (Å²) in [7, 11) is 1.00. The maximum atomic E-state index is 7.00. The Morgan fingerprint density at radius 1 is 0.714 bits per heavy atom. The Hall–Kier alpha value is 0.843. The van der Waals surface area contributed by atoms with Gasteiger partial charge >= 0.3 is 0 Å². The van der Waals surface area contributed by atoms with Crippen LogP contribution in [0.5, 0.6) is 0 Å². The predicted octanol–water partition coefficient (Wildman–Crippen LogP) is 4.54. The zero-order valence-electron chi connectivity index (χ0n) is 14.0. The summed E-state index contributed by atoms with van der Waals surface area (Å²) in [6.07, 6.45) is 22.5. The average Bonchev–Trinajstić information content (AvgIpc) is 3.25. The molecule has 0 unspecified atom stereocenters. The Balaban J connectivity index is -0.000000219. The monoisotopic (exact) mass is 365 g/mol. The van der Waals surface area contributed by atoms with Crippen LogP contribution >= 0.6 is 0 Å². The summed E-state index contributed by atoms with van der Waals surface area (Å²) in [5, 5.41) is 7.00. The van der Waals surface area contributed by atoms with E-state index in [2.05, 4.69) is 27.7 Å². The molecule has 118 valence electrons. The molecule has 10 radical (unpaired) electrons. The van der Waals surface area contributed by atoms with Crippen molar-refractivity contribution in [3.8, 4) is 0 Å². The largest absolute Gasteiger partial charge is 0.400 e. The fraction of sp³-hybridized carbons (Fsp3) is 0.421. The summed E-state index contributed by atoms with van der Waals surface area (Å²) >= 11 is 0. The van der Waals surface area contributed by atoms with Gasteiger partial charge in [0.15, 0.2) is 0 Å². The molecule has 2 fully saturated rings. The van der Waals surface area contributed by atoms with Gasteiger partial charge in [0.2, 0.25) is 0 Å². The number of hydrogen-bond donors (Lipinski definition) is 1. The fourth-order valence-electron chi connectivity index (χ4n) is 1.38. The quantitative estimate of drug-likeness (QED) is 0.727. The van der Waals surface area contributed by atoms with Crippen molar-refractivity contribution >= 4 is 0 Å². The fourth-order valence-corrected chi connectivity index (χ4v) is 1.38. The summed E-state index contributed by atoms with van der Waals surface area (Å²) in [5.74, 6) is 1.47. The smallest absolute Gasteiger partial charge is 0.0319 e. The molecule has 0 saturated heterocycles. The molecule has 2 saturated carbocycles.